The van der Waals surface area contributed by atoms with Crippen LogP contribution in [0.2, 0.25) is 0 Å². The molecule has 118 valence electrons. The van der Waals surface area contributed by atoms with Gasteiger partial charge in [-0.15, -0.1) is 0 Å². The lowest BCUT2D eigenvalue weighted by atomic mass is 10.3. The molecule has 0 radical (unpaired) electrons. The number of sulfonamides is 1. The zero-order valence-corrected chi connectivity index (χ0v) is 12.7. The molecule has 0 bridgehead atoms. The minimum absolute atomic E-state index is 0.0238. The van der Waals surface area contributed by atoms with Gasteiger partial charge in [0.05, 0.1) is 5.69 Å². The topological polar surface area (TPSA) is 46.6 Å². The van der Waals surface area contributed by atoms with E-state index < -0.39 is 21.7 Å². The van der Waals surface area contributed by atoms with Gasteiger partial charge >= 0.3 is 0 Å². The predicted molar refractivity (Wildman–Crippen MR) is 80.5 cm³/mol. The van der Waals surface area contributed by atoms with E-state index in [-0.39, 0.29) is 18.0 Å². The van der Waals surface area contributed by atoms with Crippen molar-refractivity contribution in [3.8, 4) is 5.75 Å². The van der Waals surface area contributed by atoms with Crippen molar-refractivity contribution in [3.63, 3.8) is 0 Å². The molecule has 0 aliphatic heterocycles. The van der Waals surface area contributed by atoms with Gasteiger partial charge in [0, 0.05) is 7.05 Å². The molecule has 0 N–H and O–H groups in total. The molecule has 0 fully saturated rings. The van der Waals surface area contributed by atoms with Gasteiger partial charge < -0.3 is 4.74 Å². The molecule has 0 saturated heterocycles. The Morgan fingerprint density at radius 2 is 1.68 bits per heavy atom. The summed E-state index contributed by atoms with van der Waals surface area (Å²) in [4.78, 5) is 0. The van der Waals surface area contributed by atoms with Crippen molar-refractivity contribution in [3.05, 3.63) is 60.2 Å². The molecule has 0 atom stereocenters. The van der Waals surface area contributed by atoms with Crippen molar-refractivity contribution in [2.75, 3.05) is 23.7 Å². The molecule has 22 heavy (non-hydrogen) atoms. The molecule has 0 amide bonds. The maximum atomic E-state index is 13.6. The van der Waals surface area contributed by atoms with Crippen LogP contribution in [-0.4, -0.2) is 27.8 Å². The number of nitrogens with zero attached hydrogens (tertiary/aromatic N) is 1. The molecule has 7 heteroatoms. The van der Waals surface area contributed by atoms with Gasteiger partial charge in [-0.1, -0.05) is 12.1 Å². The number of anilines is 1. The monoisotopic (exact) mass is 327 g/mol. The number of rotatable bonds is 6. The van der Waals surface area contributed by atoms with Crippen LogP contribution in [0.25, 0.3) is 0 Å². The van der Waals surface area contributed by atoms with E-state index in [9.17, 15) is 17.2 Å². The highest BCUT2D eigenvalue weighted by Gasteiger charge is 2.20. The molecule has 0 heterocycles. The second-order valence-electron chi connectivity index (χ2n) is 4.54. The molecule has 2 rings (SSSR count). The predicted octanol–water partition coefficient (Wildman–Crippen LogP) is 2.81. The van der Waals surface area contributed by atoms with Crippen molar-refractivity contribution in [1.29, 1.82) is 0 Å². The number of hydrogen-bond acceptors (Lipinski definition) is 3. The standard InChI is InChI=1S/C15H15F2NO3S/c1-18(15-5-3-2-4-14(15)17)22(19,20)11-10-21-13-8-6-12(16)7-9-13/h2-9H,10-11H2,1H3. The van der Waals surface area contributed by atoms with Crippen LogP contribution in [-0.2, 0) is 10.0 Å². The molecule has 0 saturated carbocycles. The molecule has 0 spiro atoms. The van der Waals surface area contributed by atoms with Gasteiger partial charge in [-0.2, -0.15) is 0 Å². The van der Waals surface area contributed by atoms with Crippen LogP contribution in [0, 0.1) is 11.6 Å². The molecule has 0 aromatic heterocycles. The highest BCUT2D eigenvalue weighted by atomic mass is 32.2. The number of ether oxygens (including phenoxy) is 1. The lowest BCUT2D eigenvalue weighted by Gasteiger charge is -2.20. The van der Waals surface area contributed by atoms with Crippen molar-refractivity contribution in [2.24, 2.45) is 0 Å². The summed E-state index contributed by atoms with van der Waals surface area (Å²) < 4.78 is 56.8. The average Bonchev–Trinajstić information content (AvgIpc) is 2.49. The maximum Gasteiger partial charge on any atom is 0.238 e. The smallest absolute Gasteiger partial charge is 0.238 e. The van der Waals surface area contributed by atoms with Crippen molar-refractivity contribution in [2.45, 2.75) is 0 Å². The van der Waals surface area contributed by atoms with Gasteiger partial charge in [0.2, 0.25) is 10.0 Å². The van der Waals surface area contributed by atoms with Gasteiger partial charge in [-0.05, 0) is 36.4 Å². The van der Waals surface area contributed by atoms with Gasteiger partial charge in [-0.25, -0.2) is 17.2 Å². The Morgan fingerprint density at radius 1 is 1.05 bits per heavy atom. The van der Waals surface area contributed by atoms with Crippen LogP contribution < -0.4 is 9.04 Å². The molecular weight excluding hydrogens is 312 g/mol. The first-order valence-corrected chi connectivity index (χ1v) is 8.10. The van der Waals surface area contributed by atoms with Gasteiger partial charge in [-0.3, -0.25) is 4.31 Å². The first-order chi connectivity index (χ1) is 10.4. The van der Waals surface area contributed by atoms with Crippen molar-refractivity contribution >= 4 is 15.7 Å². The largest absolute Gasteiger partial charge is 0.492 e. The number of halogens is 2. The lowest BCUT2D eigenvalue weighted by Crippen LogP contribution is -2.31. The SMILES string of the molecule is CN(c1ccccc1F)S(=O)(=O)CCOc1ccc(F)cc1. The Bertz CT molecular complexity index is 733. The number of benzene rings is 2. The van der Waals surface area contributed by atoms with Gasteiger partial charge in [0.1, 0.15) is 29.7 Å². The Hall–Kier alpha value is -2.15. The summed E-state index contributed by atoms with van der Waals surface area (Å²) in [6, 6.07) is 10.9. The van der Waals surface area contributed by atoms with E-state index in [4.69, 9.17) is 4.74 Å². The Labute approximate surface area is 128 Å². The third kappa shape index (κ3) is 3.94. The van der Waals surface area contributed by atoms with E-state index in [0.29, 0.717) is 5.75 Å². The summed E-state index contributed by atoms with van der Waals surface area (Å²) in [5.74, 6) is -0.979. The first-order valence-electron chi connectivity index (χ1n) is 6.49. The van der Waals surface area contributed by atoms with E-state index in [2.05, 4.69) is 0 Å². The highest BCUT2D eigenvalue weighted by molar-refractivity contribution is 7.92. The number of para-hydroxylation sites is 1. The molecule has 2 aromatic rings. The molecule has 2 aromatic carbocycles. The van der Waals surface area contributed by atoms with E-state index in [1.165, 1.54) is 49.5 Å². The highest BCUT2D eigenvalue weighted by Crippen LogP contribution is 2.20. The quantitative estimate of drug-likeness (QED) is 0.820. The summed E-state index contributed by atoms with van der Waals surface area (Å²) in [5, 5.41) is 0. The third-order valence-electron chi connectivity index (χ3n) is 3.03. The summed E-state index contributed by atoms with van der Waals surface area (Å²) in [7, 11) is -2.44. The van der Waals surface area contributed by atoms with Gasteiger partial charge in [0.25, 0.3) is 0 Å². The van der Waals surface area contributed by atoms with Gasteiger partial charge in [0.15, 0.2) is 0 Å². The second-order valence-corrected chi connectivity index (χ2v) is 6.66. The molecule has 0 aliphatic rings. The van der Waals surface area contributed by atoms with Crippen molar-refractivity contribution < 1.29 is 21.9 Å². The Balaban J connectivity index is 1.99. The fourth-order valence-electron chi connectivity index (χ4n) is 1.79. The Morgan fingerprint density at radius 3 is 2.32 bits per heavy atom. The van der Waals surface area contributed by atoms with E-state index >= 15 is 0 Å². The summed E-state index contributed by atoms with van der Waals surface area (Å²) in [5.41, 5.74) is -0.0238. The van der Waals surface area contributed by atoms with E-state index in [1.807, 2.05) is 0 Å². The summed E-state index contributed by atoms with van der Waals surface area (Å²) in [6.07, 6.45) is 0. The maximum absolute atomic E-state index is 13.6. The summed E-state index contributed by atoms with van der Waals surface area (Å²) in [6.45, 7) is -0.118. The van der Waals surface area contributed by atoms with Crippen LogP contribution in [0.4, 0.5) is 14.5 Å². The lowest BCUT2D eigenvalue weighted by molar-refractivity contribution is 0.340. The first kappa shape index (κ1) is 16.2. The minimum atomic E-state index is -3.72. The second kappa shape index (κ2) is 6.74. The van der Waals surface area contributed by atoms with E-state index in [1.54, 1.807) is 6.07 Å². The zero-order valence-electron chi connectivity index (χ0n) is 11.9. The fourth-order valence-corrected chi connectivity index (χ4v) is 2.81. The zero-order chi connectivity index (χ0) is 16.2. The third-order valence-corrected chi connectivity index (χ3v) is 4.75. The normalized spacial score (nSPS) is 11.2. The average molecular weight is 327 g/mol. The molecule has 0 aliphatic carbocycles. The Kier molecular flexibility index (Phi) is 4.97. The fraction of sp³-hybridized carbons (Fsp3) is 0.200. The van der Waals surface area contributed by atoms with Crippen LogP contribution in [0.15, 0.2) is 48.5 Å². The minimum Gasteiger partial charge on any atom is -0.492 e. The van der Waals surface area contributed by atoms with Crippen molar-refractivity contribution in [1.82, 2.24) is 0 Å². The molecular formula is C15H15F2NO3S. The van der Waals surface area contributed by atoms with Crippen LogP contribution >= 0.6 is 0 Å². The van der Waals surface area contributed by atoms with Crippen LogP contribution in [0.3, 0.4) is 0 Å². The molecule has 0 unspecified atom stereocenters. The van der Waals surface area contributed by atoms with Crippen LogP contribution in [0.5, 0.6) is 5.75 Å². The number of hydrogen-bond donors (Lipinski definition) is 0. The molecule has 4 nitrogen and oxygen atoms in total. The van der Waals surface area contributed by atoms with Crippen LogP contribution in [0.1, 0.15) is 0 Å². The van der Waals surface area contributed by atoms with E-state index in [0.717, 1.165) is 4.31 Å². The summed E-state index contributed by atoms with van der Waals surface area (Å²) >= 11 is 0.